The quantitative estimate of drug-likeness (QED) is 0.582. The van der Waals surface area contributed by atoms with Gasteiger partial charge in [0.05, 0.1) is 19.3 Å². The first kappa shape index (κ1) is 11.2. The van der Waals surface area contributed by atoms with Gasteiger partial charge in [0.2, 0.25) is 5.91 Å². The number of carbonyl (C=O) groups is 2. The van der Waals surface area contributed by atoms with Crippen molar-refractivity contribution in [2.45, 2.75) is 6.92 Å². The summed E-state index contributed by atoms with van der Waals surface area (Å²) in [7, 11) is 0. The molecule has 1 aromatic heterocycles. The van der Waals surface area contributed by atoms with Gasteiger partial charge in [-0.05, 0) is 6.92 Å². The maximum atomic E-state index is 11.3. The lowest BCUT2D eigenvalue weighted by molar-refractivity contribution is -0.114. The zero-order valence-corrected chi connectivity index (χ0v) is 8.24. The van der Waals surface area contributed by atoms with E-state index in [0.717, 1.165) is 0 Å². The Morgan fingerprint density at radius 3 is 3.00 bits per heavy atom. The topological polar surface area (TPSA) is 110 Å². The summed E-state index contributed by atoms with van der Waals surface area (Å²) in [4.78, 5) is 22.3. The molecule has 1 rings (SSSR count). The molecule has 0 unspecified atom stereocenters. The standard InChI is InChI=1S/C8H12N4O3/c1-2-15-8(14)5-4-10-12-7(5)11-6(13)3-9/h4H,2-3,9H2,1H3,(H2,10,11,12,13). The molecule has 7 nitrogen and oxygen atoms in total. The SMILES string of the molecule is CCOC(=O)c1cn[nH]c1NC(=O)CN. The third-order valence-corrected chi connectivity index (χ3v) is 1.58. The predicted octanol–water partition coefficient (Wildman–Crippen LogP) is -0.516. The number of ether oxygens (including phenoxy) is 1. The minimum absolute atomic E-state index is 0.165. The van der Waals surface area contributed by atoms with Crippen molar-refractivity contribution in [3.8, 4) is 0 Å². The second-order valence-electron chi connectivity index (χ2n) is 2.63. The Hall–Kier alpha value is -1.89. The van der Waals surface area contributed by atoms with Gasteiger partial charge in [0.15, 0.2) is 0 Å². The van der Waals surface area contributed by atoms with E-state index < -0.39 is 11.9 Å². The maximum absolute atomic E-state index is 11.3. The first-order chi connectivity index (χ1) is 7.19. The number of nitrogens with one attached hydrogen (secondary N) is 2. The Morgan fingerprint density at radius 1 is 1.67 bits per heavy atom. The lowest BCUT2D eigenvalue weighted by atomic mass is 10.3. The molecule has 1 amide bonds. The molecule has 0 saturated carbocycles. The number of esters is 1. The number of carbonyl (C=O) groups excluding carboxylic acids is 2. The van der Waals surface area contributed by atoms with Crippen molar-refractivity contribution < 1.29 is 14.3 Å². The summed E-state index contributed by atoms with van der Waals surface area (Å²) >= 11 is 0. The number of nitrogens with zero attached hydrogens (tertiary/aromatic N) is 1. The Balaban J connectivity index is 2.77. The van der Waals surface area contributed by atoms with Gasteiger partial charge in [0, 0.05) is 0 Å². The van der Waals surface area contributed by atoms with E-state index in [2.05, 4.69) is 15.5 Å². The third-order valence-electron chi connectivity index (χ3n) is 1.58. The Kier molecular flexibility index (Phi) is 3.81. The largest absolute Gasteiger partial charge is 0.462 e. The second kappa shape index (κ2) is 5.11. The molecule has 1 heterocycles. The smallest absolute Gasteiger partial charge is 0.343 e. The first-order valence-electron chi connectivity index (χ1n) is 4.39. The van der Waals surface area contributed by atoms with Gasteiger partial charge < -0.3 is 15.8 Å². The molecule has 0 atom stereocenters. The number of nitrogens with two attached hydrogens (primary N) is 1. The van der Waals surface area contributed by atoms with Crippen LogP contribution < -0.4 is 11.1 Å². The maximum Gasteiger partial charge on any atom is 0.343 e. The van der Waals surface area contributed by atoms with Gasteiger partial charge in [-0.3, -0.25) is 9.89 Å². The van der Waals surface area contributed by atoms with Crippen molar-refractivity contribution >= 4 is 17.7 Å². The predicted molar refractivity (Wildman–Crippen MR) is 52.2 cm³/mol. The zero-order chi connectivity index (χ0) is 11.3. The molecular formula is C8H12N4O3. The van der Waals surface area contributed by atoms with Gasteiger partial charge in [0.25, 0.3) is 0 Å². The van der Waals surface area contributed by atoms with Crippen LogP contribution in [0.4, 0.5) is 5.82 Å². The summed E-state index contributed by atoms with van der Waals surface area (Å²) in [6, 6.07) is 0. The second-order valence-corrected chi connectivity index (χ2v) is 2.63. The van der Waals surface area contributed by atoms with E-state index in [1.54, 1.807) is 6.92 Å². The van der Waals surface area contributed by atoms with Gasteiger partial charge in [-0.2, -0.15) is 5.10 Å². The zero-order valence-electron chi connectivity index (χ0n) is 8.24. The first-order valence-corrected chi connectivity index (χ1v) is 4.39. The fraction of sp³-hybridized carbons (Fsp3) is 0.375. The number of aromatic nitrogens is 2. The number of anilines is 1. The lowest BCUT2D eigenvalue weighted by Gasteiger charge is -2.03. The summed E-state index contributed by atoms with van der Waals surface area (Å²) in [6.07, 6.45) is 1.28. The molecule has 0 aliphatic heterocycles. The third kappa shape index (κ3) is 2.78. The summed E-state index contributed by atoms with van der Waals surface area (Å²) < 4.78 is 4.76. The highest BCUT2D eigenvalue weighted by molar-refractivity contribution is 6.00. The van der Waals surface area contributed by atoms with Crippen molar-refractivity contribution in [3.05, 3.63) is 11.8 Å². The van der Waals surface area contributed by atoms with Gasteiger partial charge in [-0.25, -0.2) is 4.79 Å². The molecule has 1 aromatic rings. The minimum atomic E-state index is -0.543. The number of aromatic amines is 1. The highest BCUT2D eigenvalue weighted by Crippen LogP contribution is 2.11. The molecule has 0 bridgehead atoms. The summed E-state index contributed by atoms with van der Waals surface area (Å²) in [6.45, 7) is 1.78. The molecule has 15 heavy (non-hydrogen) atoms. The summed E-state index contributed by atoms with van der Waals surface area (Å²) in [5.41, 5.74) is 5.29. The average Bonchev–Trinajstić information content (AvgIpc) is 2.66. The van der Waals surface area contributed by atoms with Crippen LogP contribution in [0.5, 0.6) is 0 Å². The minimum Gasteiger partial charge on any atom is -0.462 e. The van der Waals surface area contributed by atoms with E-state index in [1.165, 1.54) is 6.20 Å². The van der Waals surface area contributed by atoms with Crippen molar-refractivity contribution in [1.82, 2.24) is 10.2 Å². The van der Waals surface area contributed by atoms with Crippen LogP contribution >= 0.6 is 0 Å². The lowest BCUT2D eigenvalue weighted by Crippen LogP contribution is -2.23. The van der Waals surface area contributed by atoms with E-state index >= 15 is 0 Å². The van der Waals surface area contributed by atoms with Crippen LogP contribution in [-0.4, -0.2) is 35.2 Å². The molecule has 82 valence electrons. The highest BCUT2D eigenvalue weighted by Gasteiger charge is 2.15. The number of hydrogen-bond donors (Lipinski definition) is 3. The summed E-state index contributed by atoms with van der Waals surface area (Å²) in [5, 5.41) is 8.50. The summed E-state index contributed by atoms with van der Waals surface area (Å²) in [5.74, 6) is -0.757. The molecule has 0 aliphatic carbocycles. The van der Waals surface area contributed by atoms with E-state index in [-0.39, 0.29) is 24.5 Å². The van der Waals surface area contributed by atoms with Crippen LogP contribution in [0.3, 0.4) is 0 Å². The van der Waals surface area contributed by atoms with Crippen LogP contribution in [-0.2, 0) is 9.53 Å². The van der Waals surface area contributed by atoms with Gasteiger partial charge in [-0.1, -0.05) is 0 Å². The van der Waals surface area contributed by atoms with Crippen LogP contribution in [0.15, 0.2) is 6.20 Å². The normalized spacial score (nSPS) is 9.73. The van der Waals surface area contributed by atoms with E-state index in [0.29, 0.717) is 0 Å². The molecule has 0 saturated heterocycles. The van der Waals surface area contributed by atoms with Gasteiger partial charge >= 0.3 is 5.97 Å². The number of hydrogen-bond acceptors (Lipinski definition) is 5. The van der Waals surface area contributed by atoms with Crippen LogP contribution in [0.1, 0.15) is 17.3 Å². The number of H-pyrrole nitrogens is 1. The van der Waals surface area contributed by atoms with Crippen LogP contribution in [0, 0.1) is 0 Å². The number of amides is 1. The van der Waals surface area contributed by atoms with Crippen molar-refractivity contribution in [2.24, 2.45) is 5.73 Å². The van der Waals surface area contributed by atoms with Crippen LogP contribution in [0.25, 0.3) is 0 Å². The van der Waals surface area contributed by atoms with Crippen LogP contribution in [0.2, 0.25) is 0 Å². The molecule has 0 fully saturated rings. The van der Waals surface area contributed by atoms with Crippen molar-refractivity contribution in [3.63, 3.8) is 0 Å². The van der Waals surface area contributed by atoms with E-state index in [4.69, 9.17) is 10.5 Å². The van der Waals surface area contributed by atoms with E-state index in [9.17, 15) is 9.59 Å². The Bertz CT molecular complexity index is 361. The van der Waals surface area contributed by atoms with E-state index in [1.807, 2.05) is 0 Å². The molecule has 0 aromatic carbocycles. The average molecular weight is 212 g/mol. The molecule has 0 radical (unpaired) electrons. The fourth-order valence-corrected chi connectivity index (χ4v) is 0.935. The Labute approximate surface area is 86.0 Å². The molecule has 7 heteroatoms. The molecular weight excluding hydrogens is 200 g/mol. The highest BCUT2D eigenvalue weighted by atomic mass is 16.5. The van der Waals surface area contributed by atoms with Gasteiger partial charge in [-0.15, -0.1) is 0 Å². The monoisotopic (exact) mass is 212 g/mol. The van der Waals surface area contributed by atoms with Crippen molar-refractivity contribution in [1.29, 1.82) is 0 Å². The Morgan fingerprint density at radius 2 is 2.40 bits per heavy atom. The van der Waals surface area contributed by atoms with Gasteiger partial charge in [0.1, 0.15) is 11.4 Å². The fourth-order valence-electron chi connectivity index (χ4n) is 0.935. The molecule has 0 aliphatic rings. The molecule has 0 spiro atoms. The molecule has 4 N–H and O–H groups in total. The number of rotatable bonds is 4. The van der Waals surface area contributed by atoms with Crippen molar-refractivity contribution in [2.75, 3.05) is 18.5 Å².